The maximum atomic E-state index is 10.9. The van der Waals surface area contributed by atoms with Gasteiger partial charge < -0.3 is 15.3 Å². The molecule has 1 heterocycles. The number of carboxylic acids is 1. The lowest BCUT2D eigenvalue weighted by Crippen LogP contribution is -2.49. The number of likely N-dealkylation sites (tertiary alicyclic amines) is 1. The quantitative estimate of drug-likeness (QED) is 0.757. The van der Waals surface area contributed by atoms with Gasteiger partial charge in [-0.25, -0.2) is 0 Å². The summed E-state index contributed by atoms with van der Waals surface area (Å²) in [7, 11) is 0. The molecule has 1 aliphatic carbocycles. The smallest absolute Gasteiger partial charge is 0.308 e. The van der Waals surface area contributed by atoms with Crippen LogP contribution >= 0.6 is 0 Å². The van der Waals surface area contributed by atoms with E-state index in [0.717, 1.165) is 25.9 Å². The monoisotopic (exact) mass is 240 g/mol. The first-order valence-corrected chi connectivity index (χ1v) is 6.78. The molecule has 0 spiro atoms. The van der Waals surface area contributed by atoms with E-state index in [2.05, 4.69) is 24.1 Å². The third-order valence-electron chi connectivity index (χ3n) is 4.31. The average molecular weight is 240 g/mol. The molecule has 1 saturated heterocycles. The lowest BCUT2D eigenvalue weighted by Gasteiger charge is -2.35. The van der Waals surface area contributed by atoms with Gasteiger partial charge in [0.15, 0.2) is 0 Å². The van der Waals surface area contributed by atoms with Gasteiger partial charge in [0.1, 0.15) is 0 Å². The van der Waals surface area contributed by atoms with E-state index in [-0.39, 0.29) is 12.0 Å². The molecule has 1 aliphatic heterocycles. The van der Waals surface area contributed by atoms with Crippen LogP contribution in [0.15, 0.2) is 0 Å². The van der Waals surface area contributed by atoms with Crippen molar-refractivity contribution in [1.82, 2.24) is 10.2 Å². The van der Waals surface area contributed by atoms with Gasteiger partial charge in [-0.2, -0.15) is 0 Å². The summed E-state index contributed by atoms with van der Waals surface area (Å²) in [5.41, 5.74) is 0. The third-order valence-corrected chi connectivity index (χ3v) is 4.31. The highest BCUT2D eigenvalue weighted by molar-refractivity contribution is 5.72. The summed E-state index contributed by atoms with van der Waals surface area (Å²) in [5.74, 6) is -0.0750. The molecule has 2 fully saturated rings. The molecule has 0 radical (unpaired) electrons. The summed E-state index contributed by atoms with van der Waals surface area (Å²) >= 11 is 0. The molecule has 0 aromatic carbocycles. The van der Waals surface area contributed by atoms with Crippen molar-refractivity contribution in [3.05, 3.63) is 0 Å². The predicted molar refractivity (Wildman–Crippen MR) is 67.0 cm³/mol. The Hall–Kier alpha value is -0.610. The molecule has 0 aromatic rings. The van der Waals surface area contributed by atoms with Crippen molar-refractivity contribution in [2.24, 2.45) is 11.8 Å². The molecule has 2 rings (SSSR count). The van der Waals surface area contributed by atoms with E-state index in [1.807, 2.05) is 0 Å². The van der Waals surface area contributed by atoms with E-state index in [1.54, 1.807) is 0 Å². The molecule has 17 heavy (non-hydrogen) atoms. The van der Waals surface area contributed by atoms with E-state index >= 15 is 0 Å². The van der Waals surface area contributed by atoms with Crippen LogP contribution in [0.2, 0.25) is 0 Å². The van der Waals surface area contributed by atoms with Crippen LogP contribution in [0.25, 0.3) is 0 Å². The highest BCUT2D eigenvalue weighted by atomic mass is 16.4. The lowest BCUT2D eigenvalue weighted by molar-refractivity contribution is -0.146. The zero-order chi connectivity index (χ0) is 12.4. The van der Waals surface area contributed by atoms with Crippen LogP contribution in [-0.2, 0) is 4.79 Å². The van der Waals surface area contributed by atoms with E-state index in [4.69, 9.17) is 5.11 Å². The van der Waals surface area contributed by atoms with Gasteiger partial charge in [0.25, 0.3) is 0 Å². The number of aliphatic carboxylic acids is 1. The Kier molecular flexibility index (Phi) is 4.05. The van der Waals surface area contributed by atoms with Gasteiger partial charge in [0.2, 0.25) is 0 Å². The second-order valence-electron chi connectivity index (χ2n) is 5.78. The molecule has 3 unspecified atom stereocenters. The van der Waals surface area contributed by atoms with Crippen molar-refractivity contribution < 1.29 is 9.90 Å². The highest BCUT2D eigenvalue weighted by Gasteiger charge is 2.36. The van der Waals surface area contributed by atoms with Crippen LogP contribution < -0.4 is 5.32 Å². The number of nitrogens with one attached hydrogen (secondary N) is 1. The standard InChI is InChI=1S/C13H24N2O2/c1-9(2)15-6-5-10(8-15)7-14-12-4-3-11(12)13(16)17/h9-12,14H,3-8H2,1-2H3,(H,16,17). The van der Waals surface area contributed by atoms with Crippen LogP contribution in [0, 0.1) is 11.8 Å². The van der Waals surface area contributed by atoms with Crippen molar-refractivity contribution in [3.63, 3.8) is 0 Å². The molecular formula is C13H24N2O2. The summed E-state index contributed by atoms with van der Waals surface area (Å²) < 4.78 is 0. The maximum Gasteiger partial charge on any atom is 0.308 e. The second kappa shape index (κ2) is 5.36. The Morgan fingerprint density at radius 1 is 1.41 bits per heavy atom. The summed E-state index contributed by atoms with van der Waals surface area (Å²) in [6.45, 7) is 7.81. The molecule has 0 aromatic heterocycles. The van der Waals surface area contributed by atoms with Crippen molar-refractivity contribution >= 4 is 5.97 Å². The van der Waals surface area contributed by atoms with Gasteiger partial charge in [-0.15, -0.1) is 0 Å². The fraction of sp³-hybridized carbons (Fsp3) is 0.923. The van der Waals surface area contributed by atoms with Crippen molar-refractivity contribution in [3.8, 4) is 0 Å². The topological polar surface area (TPSA) is 52.6 Å². The SMILES string of the molecule is CC(C)N1CCC(CNC2CCC2C(=O)O)C1. The Morgan fingerprint density at radius 2 is 2.18 bits per heavy atom. The highest BCUT2D eigenvalue weighted by Crippen LogP contribution is 2.28. The molecule has 98 valence electrons. The van der Waals surface area contributed by atoms with E-state index < -0.39 is 5.97 Å². The minimum atomic E-state index is -0.635. The number of carboxylic acid groups (broad SMARTS) is 1. The molecule has 2 aliphatic rings. The fourth-order valence-electron chi connectivity index (χ4n) is 2.86. The lowest BCUT2D eigenvalue weighted by atomic mass is 9.79. The molecular weight excluding hydrogens is 216 g/mol. The van der Waals surface area contributed by atoms with Gasteiger partial charge in [-0.05, 0) is 52.1 Å². The van der Waals surface area contributed by atoms with E-state index in [1.165, 1.54) is 13.0 Å². The van der Waals surface area contributed by atoms with E-state index in [0.29, 0.717) is 12.0 Å². The van der Waals surface area contributed by atoms with Gasteiger partial charge in [-0.1, -0.05) is 0 Å². The summed E-state index contributed by atoms with van der Waals surface area (Å²) in [6, 6.07) is 0.857. The summed E-state index contributed by atoms with van der Waals surface area (Å²) in [5, 5.41) is 12.4. The van der Waals surface area contributed by atoms with Gasteiger partial charge in [-0.3, -0.25) is 4.79 Å². The third kappa shape index (κ3) is 2.99. The zero-order valence-electron chi connectivity index (χ0n) is 10.9. The number of hydrogen-bond acceptors (Lipinski definition) is 3. The zero-order valence-corrected chi connectivity index (χ0v) is 10.9. The Balaban J connectivity index is 1.68. The number of carbonyl (C=O) groups is 1. The Bertz CT molecular complexity index is 281. The summed E-state index contributed by atoms with van der Waals surface area (Å²) in [4.78, 5) is 13.4. The average Bonchev–Trinajstić information content (AvgIpc) is 2.63. The van der Waals surface area contributed by atoms with Crippen LogP contribution in [0.4, 0.5) is 0 Å². The Morgan fingerprint density at radius 3 is 2.65 bits per heavy atom. The second-order valence-corrected chi connectivity index (χ2v) is 5.78. The minimum absolute atomic E-state index is 0.141. The van der Waals surface area contributed by atoms with Crippen LogP contribution in [0.1, 0.15) is 33.1 Å². The molecule has 3 atom stereocenters. The van der Waals surface area contributed by atoms with Crippen molar-refractivity contribution in [2.45, 2.75) is 45.2 Å². The first-order valence-electron chi connectivity index (χ1n) is 6.78. The van der Waals surface area contributed by atoms with Crippen LogP contribution in [0.3, 0.4) is 0 Å². The van der Waals surface area contributed by atoms with Gasteiger partial charge >= 0.3 is 5.97 Å². The molecule has 0 bridgehead atoms. The Labute approximate surface area is 103 Å². The minimum Gasteiger partial charge on any atom is -0.481 e. The van der Waals surface area contributed by atoms with Crippen molar-refractivity contribution in [1.29, 1.82) is 0 Å². The first kappa shape index (κ1) is 12.8. The van der Waals surface area contributed by atoms with Crippen molar-refractivity contribution in [2.75, 3.05) is 19.6 Å². The molecule has 1 saturated carbocycles. The molecule has 4 nitrogen and oxygen atoms in total. The van der Waals surface area contributed by atoms with Crippen LogP contribution in [0.5, 0.6) is 0 Å². The molecule has 2 N–H and O–H groups in total. The number of rotatable bonds is 5. The molecule has 0 amide bonds. The summed E-state index contributed by atoms with van der Waals surface area (Å²) in [6.07, 6.45) is 3.11. The van der Waals surface area contributed by atoms with Gasteiger partial charge in [0.05, 0.1) is 5.92 Å². The fourth-order valence-corrected chi connectivity index (χ4v) is 2.86. The van der Waals surface area contributed by atoms with Gasteiger partial charge in [0, 0.05) is 18.6 Å². The van der Waals surface area contributed by atoms with E-state index in [9.17, 15) is 4.79 Å². The van der Waals surface area contributed by atoms with Crippen LogP contribution in [-0.4, -0.2) is 47.7 Å². The molecule has 4 heteroatoms. The normalized spacial score (nSPS) is 33.9. The maximum absolute atomic E-state index is 10.9. The first-order chi connectivity index (χ1) is 8.08. The number of hydrogen-bond donors (Lipinski definition) is 2. The predicted octanol–water partition coefficient (Wildman–Crippen LogP) is 1.17. The number of nitrogens with zero attached hydrogens (tertiary/aromatic N) is 1. The largest absolute Gasteiger partial charge is 0.481 e.